The van der Waals surface area contributed by atoms with Crippen molar-refractivity contribution in [3.8, 4) is 0 Å². The molecule has 2 heterocycles. The molecule has 0 radical (unpaired) electrons. The van der Waals surface area contributed by atoms with Crippen LogP contribution in [0.2, 0.25) is 0 Å². The fourth-order valence-electron chi connectivity index (χ4n) is 2.19. The molecule has 15 heavy (non-hydrogen) atoms. The maximum absolute atomic E-state index is 5.90. The summed E-state index contributed by atoms with van der Waals surface area (Å²) in [6.07, 6.45) is 0.176. The van der Waals surface area contributed by atoms with Gasteiger partial charge in [-0.15, -0.1) is 0 Å². The van der Waals surface area contributed by atoms with E-state index in [9.17, 15) is 0 Å². The predicted octanol–water partition coefficient (Wildman–Crippen LogP) is 0.983. The van der Waals surface area contributed by atoms with Crippen LogP contribution < -0.4 is 0 Å². The largest absolute Gasteiger partial charge is 0.376 e. The summed E-state index contributed by atoms with van der Waals surface area (Å²) < 4.78 is 22.5. The fraction of sp³-hybridized carbons (Fsp3) is 1.00. The number of methoxy groups -OCH3 is 1. The van der Waals surface area contributed by atoms with Crippen LogP contribution in [-0.2, 0) is 18.9 Å². The van der Waals surface area contributed by atoms with E-state index in [4.69, 9.17) is 18.9 Å². The van der Waals surface area contributed by atoms with Gasteiger partial charge in [-0.2, -0.15) is 0 Å². The molecule has 0 bridgehead atoms. The molecule has 0 aromatic heterocycles. The highest BCUT2D eigenvalue weighted by molar-refractivity contribution is 4.96. The zero-order valence-corrected chi connectivity index (χ0v) is 9.86. The van der Waals surface area contributed by atoms with E-state index in [1.54, 1.807) is 7.11 Å². The molecule has 2 aliphatic heterocycles. The Morgan fingerprint density at radius 1 is 1.00 bits per heavy atom. The zero-order valence-electron chi connectivity index (χ0n) is 9.86. The van der Waals surface area contributed by atoms with Crippen LogP contribution in [0.15, 0.2) is 0 Å². The van der Waals surface area contributed by atoms with Crippen molar-refractivity contribution in [2.45, 2.75) is 50.8 Å². The Morgan fingerprint density at radius 2 is 1.53 bits per heavy atom. The number of ether oxygens (including phenoxy) is 4. The van der Waals surface area contributed by atoms with Gasteiger partial charge in [0.25, 0.3) is 0 Å². The van der Waals surface area contributed by atoms with Gasteiger partial charge >= 0.3 is 0 Å². The van der Waals surface area contributed by atoms with Crippen LogP contribution in [0.1, 0.15) is 20.8 Å². The van der Waals surface area contributed by atoms with Gasteiger partial charge in [0.2, 0.25) is 0 Å². The molecular weight excluding hydrogens is 196 g/mol. The molecule has 0 aromatic carbocycles. The van der Waals surface area contributed by atoms with E-state index in [-0.39, 0.29) is 30.0 Å². The third kappa shape index (κ3) is 2.33. The number of hydrogen-bond donors (Lipinski definition) is 0. The predicted molar refractivity (Wildman–Crippen MR) is 54.9 cm³/mol. The molecule has 0 saturated carbocycles. The second-order valence-corrected chi connectivity index (χ2v) is 5.14. The normalized spacial score (nSPS) is 40.8. The second kappa shape index (κ2) is 4.01. The summed E-state index contributed by atoms with van der Waals surface area (Å²) >= 11 is 0. The molecule has 2 unspecified atom stereocenters. The van der Waals surface area contributed by atoms with Crippen molar-refractivity contribution < 1.29 is 18.9 Å². The molecule has 4 atom stereocenters. The molecule has 2 aliphatic rings. The van der Waals surface area contributed by atoms with Crippen molar-refractivity contribution in [2.24, 2.45) is 0 Å². The standard InChI is InChI=1S/C11H20O4/c1-11(2,3)15-8-6-14-9-7(12-4)5-13-10(8)9/h7-10H,5-6H2,1-4H3/t7?,8?,9-,10-/m1/s1. The minimum Gasteiger partial charge on any atom is -0.376 e. The van der Waals surface area contributed by atoms with Crippen molar-refractivity contribution in [3.63, 3.8) is 0 Å². The van der Waals surface area contributed by atoms with E-state index < -0.39 is 0 Å². The summed E-state index contributed by atoms with van der Waals surface area (Å²) in [5, 5.41) is 0. The first-order chi connectivity index (χ1) is 7.01. The Hall–Kier alpha value is -0.160. The van der Waals surface area contributed by atoms with Gasteiger partial charge in [0.1, 0.15) is 24.4 Å². The Morgan fingerprint density at radius 3 is 2.07 bits per heavy atom. The second-order valence-electron chi connectivity index (χ2n) is 5.14. The minimum atomic E-state index is -0.155. The van der Waals surface area contributed by atoms with Gasteiger partial charge in [-0.3, -0.25) is 0 Å². The quantitative estimate of drug-likeness (QED) is 0.689. The van der Waals surface area contributed by atoms with Gasteiger partial charge in [0.15, 0.2) is 0 Å². The van der Waals surface area contributed by atoms with Gasteiger partial charge in [-0.05, 0) is 20.8 Å². The summed E-state index contributed by atoms with van der Waals surface area (Å²) in [5.74, 6) is 0. The molecular formula is C11H20O4. The third-order valence-electron chi connectivity index (χ3n) is 2.77. The molecule has 0 amide bonds. The Labute approximate surface area is 90.8 Å². The first-order valence-electron chi connectivity index (χ1n) is 5.45. The maximum atomic E-state index is 5.90. The van der Waals surface area contributed by atoms with E-state index in [1.807, 2.05) is 20.8 Å². The highest BCUT2D eigenvalue weighted by Gasteiger charge is 2.49. The molecule has 2 saturated heterocycles. The smallest absolute Gasteiger partial charge is 0.115 e. The van der Waals surface area contributed by atoms with Crippen molar-refractivity contribution in [1.82, 2.24) is 0 Å². The first kappa shape index (κ1) is 11.3. The molecule has 0 N–H and O–H groups in total. The van der Waals surface area contributed by atoms with Crippen LogP contribution in [0.25, 0.3) is 0 Å². The fourth-order valence-corrected chi connectivity index (χ4v) is 2.19. The number of fused-ring (bicyclic) bond motifs is 1. The van der Waals surface area contributed by atoms with E-state index in [0.717, 1.165) is 0 Å². The van der Waals surface area contributed by atoms with Gasteiger partial charge in [-0.1, -0.05) is 0 Å². The molecule has 4 heteroatoms. The summed E-state index contributed by atoms with van der Waals surface area (Å²) in [7, 11) is 1.69. The topological polar surface area (TPSA) is 36.9 Å². The van der Waals surface area contributed by atoms with Crippen molar-refractivity contribution in [2.75, 3.05) is 20.3 Å². The lowest BCUT2D eigenvalue weighted by molar-refractivity contribution is -0.105. The van der Waals surface area contributed by atoms with Crippen molar-refractivity contribution >= 4 is 0 Å². The van der Waals surface area contributed by atoms with Gasteiger partial charge in [-0.25, -0.2) is 0 Å². The van der Waals surface area contributed by atoms with Gasteiger partial charge < -0.3 is 18.9 Å². The van der Waals surface area contributed by atoms with Crippen LogP contribution in [0, 0.1) is 0 Å². The monoisotopic (exact) mass is 216 g/mol. The molecule has 4 nitrogen and oxygen atoms in total. The van der Waals surface area contributed by atoms with E-state index in [1.165, 1.54) is 0 Å². The van der Waals surface area contributed by atoms with Gasteiger partial charge in [0.05, 0.1) is 18.8 Å². The molecule has 0 aromatic rings. The third-order valence-corrected chi connectivity index (χ3v) is 2.77. The first-order valence-corrected chi connectivity index (χ1v) is 5.45. The van der Waals surface area contributed by atoms with Crippen LogP contribution >= 0.6 is 0 Å². The molecule has 88 valence electrons. The Bertz CT molecular complexity index is 223. The number of hydrogen-bond acceptors (Lipinski definition) is 4. The average Bonchev–Trinajstić information content (AvgIpc) is 2.65. The lowest BCUT2D eigenvalue weighted by Crippen LogP contribution is -2.37. The van der Waals surface area contributed by atoms with Crippen LogP contribution in [0.5, 0.6) is 0 Å². The molecule has 0 spiro atoms. The van der Waals surface area contributed by atoms with Crippen LogP contribution in [-0.4, -0.2) is 50.3 Å². The molecule has 2 rings (SSSR count). The minimum absolute atomic E-state index is 0.0363. The summed E-state index contributed by atoms with van der Waals surface area (Å²) in [6, 6.07) is 0. The van der Waals surface area contributed by atoms with E-state index >= 15 is 0 Å². The lowest BCUT2D eigenvalue weighted by atomic mass is 10.1. The van der Waals surface area contributed by atoms with Crippen LogP contribution in [0.3, 0.4) is 0 Å². The summed E-state index contributed by atoms with van der Waals surface area (Å²) in [6.45, 7) is 7.34. The molecule has 0 aliphatic carbocycles. The van der Waals surface area contributed by atoms with E-state index in [0.29, 0.717) is 13.2 Å². The lowest BCUT2D eigenvalue weighted by Gasteiger charge is -2.26. The average molecular weight is 216 g/mol. The van der Waals surface area contributed by atoms with Crippen LogP contribution in [0.4, 0.5) is 0 Å². The van der Waals surface area contributed by atoms with Crippen molar-refractivity contribution in [1.29, 1.82) is 0 Å². The maximum Gasteiger partial charge on any atom is 0.115 e. The van der Waals surface area contributed by atoms with Gasteiger partial charge in [0, 0.05) is 7.11 Å². The zero-order chi connectivity index (χ0) is 11.1. The summed E-state index contributed by atoms with van der Waals surface area (Å²) in [4.78, 5) is 0. The van der Waals surface area contributed by atoms with Crippen molar-refractivity contribution in [3.05, 3.63) is 0 Å². The Kier molecular flexibility index (Phi) is 3.03. The van der Waals surface area contributed by atoms with E-state index in [2.05, 4.69) is 0 Å². The summed E-state index contributed by atoms with van der Waals surface area (Å²) in [5.41, 5.74) is -0.155. The highest BCUT2D eigenvalue weighted by atomic mass is 16.6. The number of rotatable bonds is 2. The highest BCUT2D eigenvalue weighted by Crippen LogP contribution is 2.31. The molecule has 2 fully saturated rings. The SMILES string of the molecule is COC1CO[C@@H]2C(OC(C)(C)C)CO[C@H]12. The Balaban J connectivity index is 1.96.